The van der Waals surface area contributed by atoms with Gasteiger partial charge in [-0.25, -0.2) is 0 Å². The molecule has 1 fully saturated rings. The highest BCUT2D eigenvalue weighted by molar-refractivity contribution is 5.54. The third-order valence-electron chi connectivity index (χ3n) is 4.04. The van der Waals surface area contributed by atoms with Gasteiger partial charge in [0.25, 0.3) is 0 Å². The Bertz CT molecular complexity index is 445. The van der Waals surface area contributed by atoms with E-state index in [-0.39, 0.29) is 0 Å². The number of aromatic hydroxyl groups is 1. The molecule has 0 aliphatic heterocycles. The molecule has 0 aromatic heterocycles. The van der Waals surface area contributed by atoms with Gasteiger partial charge in [-0.05, 0) is 68.2 Å². The van der Waals surface area contributed by atoms with Crippen molar-refractivity contribution < 1.29 is 10.2 Å². The summed E-state index contributed by atoms with van der Waals surface area (Å²) in [4.78, 5) is 0. The van der Waals surface area contributed by atoms with E-state index in [4.69, 9.17) is 0 Å². The molecule has 0 saturated heterocycles. The van der Waals surface area contributed by atoms with Crippen LogP contribution in [0.15, 0.2) is 6.07 Å². The Morgan fingerprint density at radius 2 is 1.75 bits per heavy atom. The zero-order chi connectivity index (χ0) is 11.3. The fraction of sp³-hybridized carbons (Fsp3) is 0.571. The molecule has 2 aliphatic carbocycles. The van der Waals surface area contributed by atoms with E-state index in [0.29, 0.717) is 5.75 Å². The molecular formula is C14H18O2. The van der Waals surface area contributed by atoms with Crippen LogP contribution in [0.25, 0.3) is 0 Å². The summed E-state index contributed by atoms with van der Waals surface area (Å²) in [6.45, 7) is 2.06. The fourth-order valence-electron chi connectivity index (χ4n) is 3.02. The van der Waals surface area contributed by atoms with Crippen molar-refractivity contribution in [3.05, 3.63) is 28.3 Å². The van der Waals surface area contributed by atoms with Crippen LogP contribution in [0.2, 0.25) is 0 Å². The van der Waals surface area contributed by atoms with Crippen LogP contribution in [0.1, 0.15) is 47.9 Å². The van der Waals surface area contributed by atoms with E-state index in [0.717, 1.165) is 31.2 Å². The van der Waals surface area contributed by atoms with E-state index >= 15 is 0 Å². The summed E-state index contributed by atoms with van der Waals surface area (Å²) >= 11 is 0. The lowest BCUT2D eigenvalue weighted by atomic mass is 9.83. The molecule has 0 heterocycles. The molecule has 86 valence electrons. The lowest BCUT2D eigenvalue weighted by Crippen LogP contribution is -2.15. The predicted molar refractivity (Wildman–Crippen MR) is 62.6 cm³/mol. The molecule has 2 nitrogen and oxygen atoms in total. The second kappa shape index (κ2) is 3.24. The molecule has 0 spiro atoms. The van der Waals surface area contributed by atoms with Gasteiger partial charge in [-0.15, -0.1) is 0 Å². The van der Waals surface area contributed by atoms with E-state index in [1.807, 2.05) is 6.07 Å². The molecule has 0 atom stereocenters. The van der Waals surface area contributed by atoms with Crippen LogP contribution in [-0.2, 0) is 18.4 Å². The highest BCUT2D eigenvalue weighted by Crippen LogP contribution is 2.51. The Morgan fingerprint density at radius 1 is 1.12 bits per heavy atom. The van der Waals surface area contributed by atoms with Gasteiger partial charge in [0.2, 0.25) is 0 Å². The molecule has 2 aliphatic rings. The Labute approximate surface area is 95.9 Å². The number of benzene rings is 1. The molecule has 0 amide bonds. The predicted octanol–water partition coefficient (Wildman–Crippen LogP) is 2.56. The largest absolute Gasteiger partial charge is 0.508 e. The lowest BCUT2D eigenvalue weighted by molar-refractivity contribution is 0.146. The smallest absolute Gasteiger partial charge is 0.122 e. The molecule has 2 N–H and O–H groups in total. The third kappa shape index (κ3) is 1.36. The Hall–Kier alpha value is -1.02. The summed E-state index contributed by atoms with van der Waals surface area (Å²) in [5.74, 6) is 0.304. The summed E-state index contributed by atoms with van der Waals surface area (Å²) in [5.41, 5.74) is 3.93. The average molecular weight is 218 g/mol. The van der Waals surface area contributed by atoms with E-state index < -0.39 is 5.60 Å². The van der Waals surface area contributed by atoms with E-state index in [2.05, 4.69) is 6.92 Å². The highest BCUT2D eigenvalue weighted by atomic mass is 16.3. The van der Waals surface area contributed by atoms with Gasteiger partial charge in [-0.3, -0.25) is 0 Å². The SMILES string of the molecule is Cc1cc(O)c(C2(O)CC2)c2c1CCCC2. The van der Waals surface area contributed by atoms with Crippen LogP contribution < -0.4 is 0 Å². The maximum Gasteiger partial charge on any atom is 0.122 e. The van der Waals surface area contributed by atoms with Crippen LogP contribution in [0.5, 0.6) is 5.75 Å². The summed E-state index contributed by atoms with van der Waals surface area (Å²) < 4.78 is 0. The molecule has 2 heteroatoms. The quantitative estimate of drug-likeness (QED) is 0.760. The van der Waals surface area contributed by atoms with Gasteiger partial charge in [0.05, 0.1) is 5.60 Å². The molecule has 0 radical (unpaired) electrons. The molecule has 1 aromatic carbocycles. The molecule has 1 saturated carbocycles. The Balaban J connectivity index is 2.23. The molecular weight excluding hydrogens is 200 g/mol. The van der Waals surface area contributed by atoms with Gasteiger partial charge < -0.3 is 10.2 Å². The first-order valence-corrected chi connectivity index (χ1v) is 6.19. The van der Waals surface area contributed by atoms with E-state index in [9.17, 15) is 10.2 Å². The van der Waals surface area contributed by atoms with Crippen molar-refractivity contribution in [3.8, 4) is 5.75 Å². The second-order valence-corrected chi connectivity index (χ2v) is 5.28. The van der Waals surface area contributed by atoms with Crippen LogP contribution in [0.4, 0.5) is 0 Å². The number of hydrogen-bond donors (Lipinski definition) is 2. The normalized spacial score (nSPS) is 21.6. The number of fused-ring (bicyclic) bond motifs is 1. The topological polar surface area (TPSA) is 40.5 Å². The Morgan fingerprint density at radius 3 is 2.38 bits per heavy atom. The number of hydrogen-bond acceptors (Lipinski definition) is 2. The van der Waals surface area contributed by atoms with Crippen LogP contribution >= 0.6 is 0 Å². The summed E-state index contributed by atoms with van der Waals surface area (Å²) in [6.07, 6.45) is 6.13. The molecule has 0 bridgehead atoms. The highest BCUT2D eigenvalue weighted by Gasteiger charge is 2.46. The molecule has 3 rings (SSSR count). The number of phenolic OH excluding ortho intramolecular Hbond substituents is 1. The first-order valence-electron chi connectivity index (χ1n) is 6.19. The van der Waals surface area contributed by atoms with Crippen molar-refractivity contribution in [1.82, 2.24) is 0 Å². The Kier molecular flexibility index (Phi) is 2.05. The van der Waals surface area contributed by atoms with Crippen molar-refractivity contribution in [2.45, 2.75) is 51.0 Å². The minimum Gasteiger partial charge on any atom is -0.508 e. The standard InChI is InChI=1S/C14H18O2/c1-9-8-12(15)13(14(16)6-7-14)11-5-3-2-4-10(9)11/h8,15-16H,2-7H2,1H3. The first kappa shape index (κ1) is 10.2. The second-order valence-electron chi connectivity index (χ2n) is 5.28. The van der Waals surface area contributed by atoms with Gasteiger partial charge in [-0.1, -0.05) is 0 Å². The van der Waals surface area contributed by atoms with E-state index in [1.165, 1.54) is 29.5 Å². The molecule has 0 unspecified atom stereocenters. The maximum atomic E-state index is 10.3. The first-order chi connectivity index (χ1) is 7.62. The van der Waals surface area contributed by atoms with Gasteiger partial charge in [-0.2, -0.15) is 0 Å². The summed E-state index contributed by atoms with van der Waals surface area (Å²) in [5, 5.41) is 20.3. The van der Waals surface area contributed by atoms with Crippen LogP contribution in [0, 0.1) is 6.92 Å². The monoisotopic (exact) mass is 218 g/mol. The minimum atomic E-state index is -0.709. The number of rotatable bonds is 1. The number of aryl methyl sites for hydroxylation is 1. The van der Waals surface area contributed by atoms with Gasteiger partial charge in [0.1, 0.15) is 5.75 Å². The van der Waals surface area contributed by atoms with Crippen LogP contribution in [-0.4, -0.2) is 10.2 Å². The number of phenols is 1. The van der Waals surface area contributed by atoms with Crippen molar-refractivity contribution in [3.63, 3.8) is 0 Å². The van der Waals surface area contributed by atoms with Gasteiger partial charge in [0.15, 0.2) is 0 Å². The van der Waals surface area contributed by atoms with Crippen molar-refractivity contribution in [2.24, 2.45) is 0 Å². The molecule has 16 heavy (non-hydrogen) atoms. The summed E-state index contributed by atoms with van der Waals surface area (Å²) in [7, 11) is 0. The molecule has 1 aromatic rings. The average Bonchev–Trinajstić information content (AvgIpc) is 2.97. The zero-order valence-electron chi connectivity index (χ0n) is 9.71. The minimum absolute atomic E-state index is 0.304. The lowest BCUT2D eigenvalue weighted by Gasteiger charge is -2.25. The van der Waals surface area contributed by atoms with Gasteiger partial charge in [0, 0.05) is 5.56 Å². The number of aliphatic hydroxyl groups is 1. The van der Waals surface area contributed by atoms with E-state index in [1.54, 1.807) is 0 Å². The zero-order valence-corrected chi connectivity index (χ0v) is 9.71. The van der Waals surface area contributed by atoms with Gasteiger partial charge >= 0.3 is 0 Å². The van der Waals surface area contributed by atoms with Crippen molar-refractivity contribution in [1.29, 1.82) is 0 Å². The summed E-state index contributed by atoms with van der Waals surface area (Å²) in [6, 6.07) is 1.83. The maximum absolute atomic E-state index is 10.3. The van der Waals surface area contributed by atoms with Crippen LogP contribution in [0.3, 0.4) is 0 Å². The third-order valence-corrected chi connectivity index (χ3v) is 4.04. The van der Waals surface area contributed by atoms with Crippen molar-refractivity contribution in [2.75, 3.05) is 0 Å². The fourth-order valence-corrected chi connectivity index (χ4v) is 3.02. The van der Waals surface area contributed by atoms with Crippen molar-refractivity contribution >= 4 is 0 Å².